The number of hydrogen-bond donors (Lipinski definition) is 3. The highest BCUT2D eigenvalue weighted by Gasteiger charge is 2.10. The van der Waals surface area contributed by atoms with Crippen molar-refractivity contribution in [1.29, 1.82) is 0 Å². The van der Waals surface area contributed by atoms with Crippen LogP contribution in [0, 0.1) is 18.7 Å². The Labute approximate surface area is 146 Å². The molecule has 0 aliphatic carbocycles. The summed E-state index contributed by atoms with van der Waals surface area (Å²) in [5.74, 6) is -0.599. The van der Waals surface area contributed by atoms with Crippen molar-refractivity contribution in [1.82, 2.24) is 5.32 Å². The van der Waals surface area contributed by atoms with Gasteiger partial charge in [-0.05, 0) is 30.7 Å². The van der Waals surface area contributed by atoms with Gasteiger partial charge in [0.2, 0.25) is 5.91 Å². The molecule has 6 heteroatoms. The van der Waals surface area contributed by atoms with Gasteiger partial charge in [-0.3, -0.25) is 4.79 Å². The van der Waals surface area contributed by atoms with Crippen molar-refractivity contribution in [3.05, 3.63) is 59.4 Å². The highest BCUT2D eigenvalue weighted by atomic mass is 19.1. The van der Waals surface area contributed by atoms with E-state index in [1.165, 1.54) is 6.07 Å². The molecular formula is C19H22FN3O2. The lowest BCUT2D eigenvalue weighted by Crippen LogP contribution is -2.29. The normalized spacial score (nSPS) is 10.4. The molecule has 3 N–H and O–H groups in total. The molecule has 0 aromatic heterocycles. The minimum Gasteiger partial charge on any atom is -0.334 e. The second kappa shape index (κ2) is 8.28. The minimum absolute atomic E-state index is 0.0847. The molecule has 25 heavy (non-hydrogen) atoms. The molecular weight excluding hydrogens is 321 g/mol. The van der Waals surface area contributed by atoms with Crippen LogP contribution in [-0.2, 0) is 11.3 Å². The molecule has 0 spiro atoms. The van der Waals surface area contributed by atoms with Crippen LogP contribution in [0.4, 0.5) is 20.6 Å². The summed E-state index contributed by atoms with van der Waals surface area (Å²) in [4.78, 5) is 23.8. The Morgan fingerprint density at radius 3 is 2.48 bits per heavy atom. The predicted molar refractivity (Wildman–Crippen MR) is 96.9 cm³/mol. The molecule has 0 unspecified atom stereocenters. The zero-order valence-electron chi connectivity index (χ0n) is 14.5. The molecule has 2 aromatic rings. The van der Waals surface area contributed by atoms with Gasteiger partial charge in [0, 0.05) is 29.4 Å². The highest BCUT2D eigenvalue weighted by molar-refractivity contribution is 5.94. The van der Waals surface area contributed by atoms with Gasteiger partial charge in [-0.2, -0.15) is 0 Å². The van der Waals surface area contributed by atoms with Gasteiger partial charge in [-0.1, -0.05) is 38.1 Å². The SMILES string of the molecule is Cc1ccc(NC(=O)C(C)C)cc1NC(=O)NCc1ccccc1F. The number of nitrogens with one attached hydrogen (secondary N) is 3. The number of carbonyl (C=O) groups excluding carboxylic acids is 2. The molecule has 0 heterocycles. The molecule has 2 rings (SSSR count). The standard InChI is InChI=1S/C19H22FN3O2/c1-12(2)18(24)22-15-9-8-13(3)17(10-15)23-19(25)21-11-14-6-4-5-7-16(14)20/h4-10,12H,11H2,1-3H3,(H,22,24)(H2,21,23,25). The maximum atomic E-state index is 13.6. The molecule has 0 fully saturated rings. The summed E-state index contributed by atoms with van der Waals surface area (Å²) >= 11 is 0. The second-order valence-corrected chi connectivity index (χ2v) is 6.07. The van der Waals surface area contributed by atoms with Crippen molar-refractivity contribution in [2.75, 3.05) is 10.6 Å². The third-order valence-electron chi connectivity index (χ3n) is 3.67. The van der Waals surface area contributed by atoms with Crippen molar-refractivity contribution in [3.63, 3.8) is 0 Å². The van der Waals surface area contributed by atoms with Crippen LogP contribution in [0.2, 0.25) is 0 Å². The molecule has 0 bridgehead atoms. The molecule has 0 radical (unpaired) electrons. The summed E-state index contributed by atoms with van der Waals surface area (Å²) in [6.45, 7) is 5.54. The van der Waals surface area contributed by atoms with E-state index in [1.54, 1.807) is 44.2 Å². The highest BCUT2D eigenvalue weighted by Crippen LogP contribution is 2.21. The van der Waals surface area contributed by atoms with Gasteiger partial charge in [-0.25, -0.2) is 9.18 Å². The topological polar surface area (TPSA) is 70.2 Å². The Kier molecular flexibility index (Phi) is 6.11. The van der Waals surface area contributed by atoms with E-state index >= 15 is 0 Å². The first kappa shape index (κ1) is 18.4. The smallest absolute Gasteiger partial charge is 0.319 e. The van der Waals surface area contributed by atoms with Gasteiger partial charge in [-0.15, -0.1) is 0 Å². The zero-order valence-corrected chi connectivity index (χ0v) is 14.5. The van der Waals surface area contributed by atoms with Crippen LogP contribution in [-0.4, -0.2) is 11.9 Å². The van der Waals surface area contributed by atoms with Crippen LogP contribution in [0.15, 0.2) is 42.5 Å². The fourth-order valence-electron chi connectivity index (χ4n) is 2.10. The third-order valence-corrected chi connectivity index (χ3v) is 3.67. The van der Waals surface area contributed by atoms with Crippen molar-refractivity contribution in [2.24, 2.45) is 5.92 Å². The van der Waals surface area contributed by atoms with Gasteiger partial charge in [0.25, 0.3) is 0 Å². The largest absolute Gasteiger partial charge is 0.334 e. The van der Waals surface area contributed by atoms with E-state index in [9.17, 15) is 14.0 Å². The molecule has 0 aliphatic heterocycles. The van der Waals surface area contributed by atoms with E-state index in [2.05, 4.69) is 16.0 Å². The molecule has 3 amide bonds. The van der Waals surface area contributed by atoms with Crippen LogP contribution in [0.1, 0.15) is 25.0 Å². The molecule has 0 saturated heterocycles. The lowest BCUT2D eigenvalue weighted by molar-refractivity contribution is -0.118. The van der Waals surface area contributed by atoms with Gasteiger partial charge >= 0.3 is 6.03 Å². The number of aryl methyl sites for hydroxylation is 1. The van der Waals surface area contributed by atoms with E-state index in [-0.39, 0.29) is 24.2 Å². The van der Waals surface area contributed by atoms with Gasteiger partial charge < -0.3 is 16.0 Å². The van der Waals surface area contributed by atoms with E-state index in [0.717, 1.165) is 5.56 Å². The Balaban J connectivity index is 2.00. The molecule has 0 saturated carbocycles. The average Bonchev–Trinajstić information content (AvgIpc) is 2.57. The van der Waals surface area contributed by atoms with Crippen molar-refractivity contribution in [2.45, 2.75) is 27.3 Å². The van der Waals surface area contributed by atoms with E-state index < -0.39 is 6.03 Å². The number of benzene rings is 2. The Morgan fingerprint density at radius 2 is 1.80 bits per heavy atom. The van der Waals surface area contributed by atoms with Crippen molar-refractivity contribution >= 4 is 23.3 Å². The number of hydrogen-bond acceptors (Lipinski definition) is 2. The summed E-state index contributed by atoms with van der Waals surface area (Å²) in [6, 6.07) is 11.1. The monoisotopic (exact) mass is 343 g/mol. The fourth-order valence-corrected chi connectivity index (χ4v) is 2.10. The molecule has 5 nitrogen and oxygen atoms in total. The molecule has 132 valence electrons. The van der Waals surface area contributed by atoms with Crippen LogP contribution >= 0.6 is 0 Å². The summed E-state index contributed by atoms with van der Waals surface area (Å²) in [5.41, 5.74) is 2.44. The molecule has 0 aliphatic rings. The molecule has 0 atom stereocenters. The Hall–Kier alpha value is -2.89. The first-order chi connectivity index (χ1) is 11.9. The van der Waals surface area contributed by atoms with Crippen molar-refractivity contribution < 1.29 is 14.0 Å². The first-order valence-corrected chi connectivity index (χ1v) is 8.06. The number of rotatable bonds is 5. The first-order valence-electron chi connectivity index (χ1n) is 8.06. The van der Waals surface area contributed by atoms with Gasteiger partial charge in [0.15, 0.2) is 0 Å². The fraction of sp³-hybridized carbons (Fsp3) is 0.263. The second-order valence-electron chi connectivity index (χ2n) is 6.07. The summed E-state index contributed by atoms with van der Waals surface area (Å²) in [6.07, 6.45) is 0. The van der Waals surface area contributed by atoms with Gasteiger partial charge in [0.1, 0.15) is 5.82 Å². The third kappa shape index (κ3) is 5.31. The lowest BCUT2D eigenvalue weighted by atomic mass is 10.1. The van der Waals surface area contributed by atoms with Crippen LogP contribution < -0.4 is 16.0 Å². The maximum Gasteiger partial charge on any atom is 0.319 e. The summed E-state index contributed by atoms with van der Waals surface area (Å²) in [5, 5.41) is 8.12. The summed E-state index contributed by atoms with van der Waals surface area (Å²) in [7, 11) is 0. The van der Waals surface area contributed by atoms with Gasteiger partial charge in [0.05, 0.1) is 0 Å². The maximum absolute atomic E-state index is 13.6. The van der Waals surface area contributed by atoms with Crippen LogP contribution in [0.25, 0.3) is 0 Å². The van der Waals surface area contributed by atoms with E-state index in [1.807, 2.05) is 13.0 Å². The number of urea groups is 1. The zero-order chi connectivity index (χ0) is 18.4. The summed E-state index contributed by atoms with van der Waals surface area (Å²) < 4.78 is 13.6. The minimum atomic E-state index is -0.446. The van der Waals surface area contributed by atoms with Crippen LogP contribution in [0.5, 0.6) is 0 Å². The van der Waals surface area contributed by atoms with Crippen molar-refractivity contribution in [3.8, 4) is 0 Å². The number of carbonyl (C=O) groups is 2. The molecule has 2 aromatic carbocycles. The Bertz CT molecular complexity index is 775. The predicted octanol–water partition coefficient (Wildman–Crippen LogP) is 4.05. The number of amides is 3. The van der Waals surface area contributed by atoms with E-state index in [0.29, 0.717) is 16.9 Å². The lowest BCUT2D eigenvalue weighted by Gasteiger charge is -2.13. The Morgan fingerprint density at radius 1 is 1.08 bits per heavy atom. The van der Waals surface area contributed by atoms with Crippen LogP contribution in [0.3, 0.4) is 0 Å². The number of halogens is 1. The number of anilines is 2. The average molecular weight is 343 g/mol. The van der Waals surface area contributed by atoms with E-state index in [4.69, 9.17) is 0 Å². The quantitative estimate of drug-likeness (QED) is 0.766.